The van der Waals surface area contributed by atoms with E-state index in [1.54, 1.807) is 26.0 Å². The van der Waals surface area contributed by atoms with Crippen molar-refractivity contribution >= 4 is 11.8 Å². The van der Waals surface area contributed by atoms with Gasteiger partial charge in [-0.25, -0.2) is 0 Å². The van der Waals surface area contributed by atoms with E-state index in [-0.39, 0.29) is 6.04 Å². The van der Waals surface area contributed by atoms with Gasteiger partial charge in [0.25, 0.3) is 0 Å². The molecule has 0 aliphatic carbocycles. The van der Waals surface area contributed by atoms with E-state index in [2.05, 4.69) is 13.0 Å². The minimum absolute atomic E-state index is 0.0630. The van der Waals surface area contributed by atoms with Crippen LogP contribution in [0.5, 0.6) is 11.5 Å². The van der Waals surface area contributed by atoms with E-state index in [0.717, 1.165) is 22.8 Å². The molecule has 4 heteroatoms. The first-order chi connectivity index (χ1) is 10.1. The summed E-state index contributed by atoms with van der Waals surface area (Å²) in [4.78, 5) is 1.18. The number of benzene rings is 2. The molecule has 0 amide bonds. The number of methoxy groups -OCH3 is 2. The van der Waals surface area contributed by atoms with Crippen molar-refractivity contribution in [1.82, 2.24) is 0 Å². The Bertz CT molecular complexity index is 584. The third-order valence-electron chi connectivity index (χ3n) is 3.27. The molecule has 0 radical (unpaired) electrons. The van der Waals surface area contributed by atoms with Gasteiger partial charge in [-0.05, 0) is 37.3 Å². The zero-order valence-corrected chi connectivity index (χ0v) is 13.4. The summed E-state index contributed by atoms with van der Waals surface area (Å²) in [6.45, 7) is 2.06. The number of hydrogen-bond acceptors (Lipinski definition) is 4. The molecule has 21 heavy (non-hydrogen) atoms. The molecule has 2 rings (SSSR count). The summed E-state index contributed by atoms with van der Waals surface area (Å²) in [6.07, 6.45) is 0. The molecule has 2 aromatic carbocycles. The first kappa shape index (κ1) is 15.7. The van der Waals surface area contributed by atoms with E-state index in [9.17, 15) is 0 Å². The van der Waals surface area contributed by atoms with Crippen molar-refractivity contribution in [3.05, 3.63) is 53.6 Å². The van der Waals surface area contributed by atoms with E-state index < -0.39 is 0 Å². The Balaban J connectivity index is 2.03. The maximum absolute atomic E-state index is 6.32. The van der Waals surface area contributed by atoms with E-state index in [1.807, 2.05) is 36.4 Å². The first-order valence-electron chi connectivity index (χ1n) is 6.81. The lowest BCUT2D eigenvalue weighted by molar-refractivity contribution is 0.407. The highest BCUT2D eigenvalue weighted by atomic mass is 32.2. The molecule has 2 aromatic rings. The zero-order valence-electron chi connectivity index (χ0n) is 12.6. The van der Waals surface area contributed by atoms with Crippen LogP contribution in [0.15, 0.2) is 47.4 Å². The number of rotatable bonds is 6. The van der Waals surface area contributed by atoms with E-state index in [4.69, 9.17) is 15.2 Å². The van der Waals surface area contributed by atoms with Crippen molar-refractivity contribution in [2.24, 2.45) is 5.73 Å². The molecule has 0 aliphatic rings. The molecule has 1 unspecified atom stereocenters. The van der Waals surface area contributed by atoms with Crippen LogP contribution in [0.1, 0.15) is 17.2 Å². The van der Waals surface area contributed by atoms with Gasteiger partial charge in [0, 0.05) is 22.3 Å². The Labute approximate surface area is 130 Å². The molecule has 0 heterocycles. The van der Waals surface area contributed by atoms with Crippen LogP contribution in [0.25, 0.3) is 0 Å². The second-order valence-corrected chi connectivity index (χ2v) is 5.93. The molecule has 1 atom stereocenters. The third kappa shape index (κ3) is 4.16. The van der Waals surface area contributed by atoms with Gasteiger partial charge in [-0.15, -0.1) is 11.8 Å². The fourth-order valence-electron chi connectivity index (χ4n) is 2.09. The van der Waals surface area contributed by atoms with Crippen LogP contribution < -0.4 is 15.2 Å². The lowest BCUT2D eigenvalue weighted by Crippen LogP contribution is -2.14. The van der Waals surface area contributed by atoms with Gasteiger partial charge in [0.15, 0.2) is 0 Å². The summed E-state index contributed by atoms with van der Waals surface area (Å²) >= 11 is 1.73. The fraction of sp³-hybridized carbons (Fsp3) is 0.294. The second-order valence-electron chi connectivity index (χ2n) is 4.84. The zero-order chi connectivity index (χ0) is 15.2. The Morgan fingerprint density at radius 3 is 2.38 bits per heavy atom. The Kier molecular flexibility index (Phi) is 5.53. The molecule has 3 nitrogen and oxygen atoms in total. The predicted molar refractivity (Wildman–Crippen MR) is 88.4 cm³/mol. The minimum atomic E-state index is -0.0630. The van der Waals surface area contributed by atoms with Crippen molar-refractivity contribution in [2.75, 3.05) is 20.0 Å². The summed E-state index contributed by atoms with van der Waals surface area (Å²) in [5, 5.41) is 0. The molecule has 112 valence electrons. The maximum Gasteiger partial charge on any atom is 0.123 e. The van der Waals surface area contributed by atoms with Gasteiger partial charge in [-0.1, -0.05) is 17.7 Å². The van der Waals surface area contributed by atoms with Crippen LogP contribution >= 0.6 is 11.8 Å². The number of thioether (sulfide) groups is 1. The highest BCUT2D eigenvalue weighted by Gasteiger charge is 2.12. The molecule has 0 fully saturated rings. The van der Waals surface area contributed by atoms with Crippen molar-refractivity contribution in [3.63, 3.8) is 0 Å². The largest absolute Gasteiger partial charge is 0.497 e. The minimum Gasteiger partial charge on any atom is -0.497 e. The summed E-state index contributed by atoms with van der Waals surface area (Å²) in [5.41, 5.74) is 8.56. The molecule has 0 aliphatic heterocycles. The second kappa shape index (κ2) is 7.38. The average molecular weight is 303 g/mol. The molecule has 0 spiro atoms. The van der Waals surface area contributed by atoms with Crippen LogP contribution in [-0.2, 0) is 0 Å². The fourth-order valence-corrected chi connectivity index (χ4v) is 2.97. The standard InChI is InChI=1S/C17H21NO2S/c1-12-4-9-17(20-3)15(10-12)16(18)11-21-14-7-5-13(19-2)6-8-14/h4-10,16H,11,18H2,1-3H3. The predicted octanol–water partition coefficient (Wildman–Crippen LogP) is 3.80. The Morgan fingerprint density at radius 1 is 1.05 bits per heavy atom. The van der Waals surface area contributed by atoms with Gasteiger partial charge < -0.3 is 15.2 Å². The van der Waals surface area contributed by atoms with Gasteiger partial charge in [0.2, 0.25) is 0 Å². The number of ether oxygens (including phenoxy) is 2. The Morgan fingerprint density at radius 2 is 1.76 bits per heavy atom. The maximum atomic E-state index is 6.32. The van der Waals surface area contributed by atoms with E-state index in [1.165, 1.54) is 10.5 Å². The van der Waals surface area contributed by atoms with Crippen LogP contribution in [0.2, 0.25) is 0 Å². The lowest BCUT2D eigenvalue weighted by atomic mass is 10.1. The van der Waals surface area contributed by atoms with Gasteiger partial charge in [0.1, 0.15) is 11.5 Å². The molecular formula is C17H21NO2S. The quantitative estimate of drug-likeness (QED) is 0.824. The van der Waals surface area contributed by atoms with Crippen LogP contribution in [0.3, 0.4) is 0 Å². The van der Waals surface area contributed by atoms with E-state index in [0.29, 0.717) is 0 Å². The van der Waals surface area contributed by atoms with Gasteiger partial charge in [0.05, 0.1) is 14.2 Å². The lowest BCUT2D eigenvalue weighted by Gasteiger charge is -2.16. The monoisotopic (exact) mass is 303 g/mol. The first-order valence-corrected chi connectivity index (χ1v) is 7.79. The van der Waals surface area contributed by atoms with Crippen molar-refractivity contribution in [3.8, 4) is 11.5 Å². The van der Waals surface area contributed by atoms with Crippen LogP contribution in [0, 0.1) is 6.92 Å². The Hall–Kier alpha value is -1.65. The highest BCUT2D eigenvalue weighted by Crippen LogP contribution is 2.30. The number of hydrogen-bond donors (Lipinski definition) is 1. The molecule has 0 bridgehead atoms. The highest BCUT2D eigenvalue weighted by molar-refractivity contribution is 7.99. The third-order valence-corrected chi connectivity index (χ3v) is 4.40. The van der Waals surface area contributed by atoms with Gasteiger partial charge in [-0.3, -0.25) is 0 Å². The van der Waals surface area contributed by atoms with Gasteiger partial charge in [-0.2, -0.15) is 0 Å². The van der Waals surface area contributed by atoms with Gasteiger partial charge >= 0.3 is 0 Å². The van der Waals surface area contributed by atoms with E-state index >= 15 is 0 Å². The van der Waals surface area contributed by atoms with Crippen molar-refractivity contribution in [1.29, 1.82) is 0 Å². The van der Waals surface area contributed by atoms with Crippen molar-refractivity contribution < 1.29 is 9.47 Å². The molecule has 0 saturated heterocycles. The summed E-state index contributed by atoms with van der Waals surface area (Å²) in [5.74, 6) is 2.51. The SMILES string of the molecule is COc1ccc(SCC(N)c2cc(C)ccc2OC)cc1. The van der Waals surface area contributed by atoms with Crippen LogP contribution in [-0.4, -0.2) is 20.0 Å². The number of aryl methyl sites for hydroxylation is 1. The molecule has 2 N–H and O–H groups in total. The average Bonchev–Trinajstić information content (AvgIpc) is 2.53. The molecule has 0 saturated carbocycles. The van der Waals surface area contributed by atoms with Crippen molar-refractivity contribution in [2.45, 2.75) is 17.9 Å². The summed E-state index contributed by atoms with van der Waals surface area (Å²) in [7, 11) is 3.35. The topological polar surface area (TPSA) is 44.5 Å². The summed E-state index contributed by atoms with van der Waals surface area (Å²) in [6, 6.07) is 14.1. The number of nitrogens with two attached hydrogens (primary N) is 1. The molecule has 0 aromatic heterocycles. The van der Waals surface area contributed by atoms with Crippen LogP contribution in [0.4, 0.5) is 0 Å². The summed E-state index contributed by atoms with van der Waals surface area (Å²) < 4.78 is 10.6. The smallest absolute Gasteiger partial charge is 0.123 e. The normalized spacial score (nSPS) is 12.0. The molecular weight excluding hydrogens is 282 g/mol.